The minimum atomic E-state index is -0.00810. The summed E-state index contributed by atoms with van der Waals surface area (Å²) in [5.41, 5.74) is 1.30. The number of pyridine rings is 1. The molecule has 3 heterocycles. The van der Waals surface area contributed by atoms with E-state index in [1.165, 1.54) is 7.11 Å². The Morgan fingerprint density at radius 3 is 2.80 bits per heavy atom. The molecule has 2 aromatic rings. The molecular weight excluding hydrogens is 284 g/mol. The molecule has 106 valence electrons. The van der Waals surface area contributed by atoms with Crippen LogP contribution in [0.1, 0.15) is 0 Å². The van der Waals surface area contributed by atoms with E-state index in [1.54, 1.807) is 18.5 Å². The van der Waals surface area contributed by atoms with Crippen molar-refractivity contribution in [3.8, 4) is 5.88 Å². The number of ether oxygens (including phenoxy) is 2. The van der Waals surface area contributed by atoms with Crippen molar-refractivity contribution in [2.24, 2.45) is 0 Å². The van der Waals surface area contributed by atoms with Gasteiger partial charge in [0.05, 0.1) is 19.2 Å². The van der Waals surface area contributed by atoms with Crippen molar-refractivity contribution < 1.29 is 14.3 Å². The van der Waals surface area contributed by atoms with Crippen LogP contribution < -0.4 is 10.1 Å². The minimum absolute atomic E-state index is 0.00810. The lowest BCUT2D eigenvalue weighted by atomic mass is 10.4. The third-order valence-electron chi connectivity index (χ3n) is 2.39. The van der Waals surface area contributed by atoms with E-state index in [0.29, 0.717) is 35.2 Å². The van der Waals surface area contributed by atoms with Gasteiger partial charge in [-0.3, -0.25) is 9.78 Å². The molecule has 20 heavy (non-hydrogen) atoms. The van der Waals surface area contributed by atoms with Crippen molar-refractivity contribution >= 4 is 28.5 Å². The fourth-order valence-electron chi connectivity index (χ4n) is 1.54. The van der Waals surface area contributed by atoms with Crippen molar-refractivity contribution in [3.63, 3.8) is 0 Å². The van der Waals surface area contributed by atoms with Crippen LogP contribution >= 0.6 is 11.6 Å². The Bertz CT molecular complexity index is 600. The molecule has 0 atom stereocenters. The van der Waals surface area contributed by atoms with Crippen LogP contribution in [0.4, 0.5) is 0 Å². The summed E-state index contributed by atoms with van der Waals surface area (Å²) in [6, 6.07) is 1.65. The smallest absolute Gasteiger partial charge is 0.246 e. The minimum Gasteiger partial charge on any atom is -0.479 e. The molecule has 0 aromatic carbocycles. The molecular formula is C12H13ClN4O3. The van der Waals surface area contributed by atoms with E-state index < -0.39 is 0 Å². The third kappa shape index (κ3) is 3.75. The molecule has 7 nitrogen and oxygen atoms in total. The number of carbonyl (C=O) groups excluding carboxylic acids is 1. The quantitative estimate of drug-likeness (QED) is 0.784. The number of aromatic nitrogens is 3. The molecule has 0 bridgehead atoms. The molecule has 1 aliphatic rings. The summed E-state index contributed by atoms with van der Waals surface area (Å²) in [5.74, 6) is 0.391. The SMILES string of the molecule is COc1nc(Cl)cc2nccnc12.O=C1COCCN1. The molecule has 0 aliphatic carbocycles. The Kier molecular flexibility index (Phi) is 5.03. The summed E-state index contributed by atoms with van der Waals surface area (Å²) in [6.45, 7) is 1.56. The average Bonchev–Trinajstić information content (AvgIpc) is 2.47. The van der Waals surface area contributed by atoms with Crippen LogP contribution in [0.25, 0.3) is 11.0 Å². The van der Waals surface area contributed by atoms with Crippen molar-refractivity contribution in [3.05, 3.63) is 23.6 Å². The fraction of sp³-hybridized carbons (Fsp3) is 0.333. The van der Waals surface area contributed by atoms with Crippen LogP contribution in [0, 0.1) is 0 Å². The number of nitrogens with zero attached hydrogens (tertiary/aromatic N) is 3. The molecule has 3 rings (SSSR count). The highest BCUT2D eigenvalue weighted by molar-refractivity contribution is 6.30. The molecule has 8 heteroatoms. The first kappa shape index (κ1) is 14.4. The van der Waals surface area contributed by atoms with Gasteiger partial charge in [0.25, 0.3) is 0 Å². The third-order valence-corrected chi connectivity index (χ3v) is 2.58. The Morgan fingerprint density at radius 1 is 1.40 bits per heavy atom. The lowest BCUT2D eigenvalue weighted by molar-refractivity contribution is -0.128. The summed E-state index contributed by atoms with van der Waals surface area (Å²) in [6.07, 6.45) is 3.18. The Labute approximate surface area is 120 Å². The van der Waals surface area contributed by atoms with Gasteiger partial charge in [0.2, 0.25) is 11.8 Å². The average molecular weight is 297 g/mol. The Balaban J connectivity index is 0.000000178. The molecule has 0 radical (unpaired) electrons. The van der Waals surface area contributed by atoms with E-state index in [0.717, 1.165) is 0 Å². The fourth-order valence-corrected chi connectivity index (χ4v) is 1.72. The van der Waals surface area contributed by atoms with Gasteiger partial charge in [-0.1, -0.05) is 11.6 Å². The first-order valence-electron chi connectivity index (χ1n) is 5.86. The molecule has 1 fully saturated rings. The topological polar surface area (TPSA) is 86.2 Å². The maximum absolute atomic E-state index is 10.2. The number of morpholine rings is 1. The number of amides is 1. The number of methoxy groups -OCH3 is 1. The lowest BCUT2D eigenvalue weighted by Gasteiger charge is -2.10. The number of halogens is 1. The predicted octanol–water partition coefficient (Wildman–Crippen LogP) is 0.820. The first-order chi connectivity index (χ1) is 9.70. The standard InChI is InChI=1S/C8H6ClN3O.C4H7NO2/c1-13-8-7-5(4-6(9)12-8)10-2-3-11-7;6-4-3-7-2-1-5-4/h2-4H,1H3;1-3H2,(H,5,6). The first-order valence-corrected chi connectivity index (χ1v) is 6.24. The zero-order chi connectivity index (χ0) is 14.4. The highest BCUT2D eigenvalue weighted by Gasteiger charge is 2.06. The second-order valence-electron chi connectivity index (χ2n) is 3.78. The summed E-state index contributed by atoms with van der Waals surface area (Å²) in [7, 11) is 1.52. The number of nitrogens with one attached hydrogen (secondary N) is 1. The van der Waals surface area contributed by atoms with E-state index in [4.69, 9.17) is 21.1 Å². The van der Waals surface area contributed by atoms with Gasteiger partial charge in [-0.05, 0) is 0 Å². The van der Waals surface area contributed by atoms with Crippen LogP contribution in [0.5, 0.6) is 5.88 Å². The molecule has 0 saturated carbocycles. The van der Waals surface area contributed by atoms with E-state index >= 15 is 0 Å². The number of hydrogen-bond acceptors (Lipinski definition) is 6. The maximum atomic E-state index is 10.2. The zero-order valence-corrected chi connectivity index (χ0v) is 11.6. The van der Waals surface area contributed by atoms with Crippen LogP contribution in [-0.2, 0) is 9.53 Å². The Hall–Kier alpha value is -1.99. The normalized spacial score (nSPS) is 14.2. The van der Waals surface area contributed by atoms with Gasteiger partial charge >= 0.3 is 0 Å². The van der Waals surface area contributed by atoms with Crippen LogP contribution in [-0.4, -0.2) is 47.7 Å². The largest absolute Gasteiger partial charge is 0.479 e. The number of rotatable bonds is 1. The van der Waals surface area contributed by atoms with Gasteiger partial charge in [0, 0.05) is 25.0 Å². The number of hydrogen-bond donors (Lipinski definition) is 1. The van der Waals surface area contributed by atoms with Gasteiger partial charge in [0.1, 0.15) is 11.8 Å². The second kappa shape index (κ2) is 6.97. The molecule has 1 amide bonds. The maximum Gasteiger partial charge on any atom is 0.246 e. The van der Waals surface area contributed by atoms with Gasteiger partial charge in [-0.25, -0.2) is 4.98 Å². The molecule has 0 spiro atoms. The summed E-state index contributed by atoms with van der Waals surface area (Å²) < 4.78 is 9.78. The highest BCUT2D eigenvalue weighted by Crippen LogP contribution is 2.22. The molecule has 2 aromatic heterocycles. The monoisotopic (exact) mass is 296 g/mol. The lowest BCUT2D eigenvalue weighted by Crippen LogP contribution is -2.36. The van der Waals surface area contributed by atoms with E-state index in [2.05, 4.69) is 20.3 Å². The van der Waals surface area contributed by atoms with Crippen molar-refractivity contribution in [2.75, 3.05) is 26.9 Å². The summed E-state index contributed by atoms with van der Waals surface area (Å²) in [5, 5.41) is 2.97. The van der Waals surface area contributed by atoms with Crippen LogP contribution in [0.15, 0.2) is 18.5 Å². The second-order valence-corrected chi connectivity index (χ2v) is 4.17. The molecule has 1 saturated heterocycles. The Morgan fingerprint density at radius 2 is 2.20 bits per heavy atom. The van der Waals surface area contributed by atoms with Crippen molar-refractivity contribution in [1.82, 2.24) is 20.3 Å². The summed E-state index contributed by atoms with van der Waals surface area (Å²) in [4.78, 5) is 22.4. The summed E-state index contributed by atoms with van der Waals surface area (Å²) >= 11 is 5.74. The van der Waals surface area contributed by atoms with Crippen molar-refractivity contribution in [1.29, 1.82) is 0 Å². The van der Waals surface area contributed by atoms with Gasteiger partial charge in [0.15, 0.2) is 5.52 Å². The van der Waals surface area contributed by atoms with Crippen LogP contribution in [0.3, 0.4) is 0 Å². The zero-order valence-electron chi connectivity index (χ0n) is 10.8. The van der Waals surface area contributed by atoms with Gasteiger partial charge in [-0.2, -0.15) is 4.98 Å². The van der Waals surface area contributed by atoms with E-state index in [9.17, 15) is 4.79 Å². The predicted molar refractivity (Wildman–Crippen MR) is 72.7 cm³/mol. The number of carbonyl (C=O) groups is 1. The van der Waals surface area contributed by atoms with Gasteiger partial charge in [-0.15, -0.1) is 0 Å². The van der Waals surface area contributed by atoms with Gasteiger partial charge < -0.3 is 14.8 Å². The van der Waals surface area contributed by atoms with E-state index in [1.807, 2.05) is 0 Å². The van der Waals surface area contributed by atoms with Crippen molar-refractivity contribution in [2.45, 2.75) is 0 Å². The van der Waals surface area contributed by atoms with E-state index in [-0.39, 0.29) is 12.5 Å². The molecule has 1 aliphatic heterocycles. The molecule has 0 unspecified atom stereocenters. The van der Waals surface area contributed by atoms with Crippen LogP contribution in [0.2, 0.25) is 5.15 Å². The highest BCUT2D eigenvalue weighted by atomic mass is 35.5. The molecule has 1 N–H and O–H groups in total. The number of fused-ring (bicyclic) bond motifs is 1.